The molecule has 0 heterocycles. The number of para-hydroxylation sites is 2. The van der Waals surface area contributed by atoms with Crippen LogP contribution in [0.4, 0.5) is 4.79 Å². The van der Waals surface area contributed by atoms with Crippen LogP contribution in [0.5, 0.6) is 11.5 Å². The highest BCUT2D eigenvalue weighted by atomic mass is 16.5. The molecule has 0 aromatic heterocycles. The maximum Gasteiger partial charge on any atom is 0.404 e. The number of amides is 1. The van der Waals surface area contributed by atoms with Crippen LogP contribution in [0.3, 0.4) is 0 Å². The van der Waals surface area contributed by atoms with Crippen molar-refractivity contribution in [1.82, 2.24) is 5.32 Å². The van der Waals surface area contributed by atoms with Gasteiger partial charge in [0, 0.05) is 0 Å². The van der Waals surface area contributed by atoms with Gasteiger partial charge in [-0.3, -0.25) is 0 Å². The average molecular weight is 225 g/mol. The van der Waals surface area contributed by atoms with Crippen molar-refractivity contribution in [2.45, 2.75) is 6.92 Å². The minimum absolute atomic E-state index is 0.246. The lowest BCUT2D eigenvalue weighted by atomic mass is 10.3. The summed E-state index contributed by atoms with van der Waals surface area (Å²) < 4.78 is 10.7. The third-order valence-corrected chi connectivity index (χ3v) is 1.78. The molecule has 5 heteroatoms. The predicted molar refractivity (Wildman–Crippen MR) is 59.1 cm³/mol. The molecule has 16 heavy (non-hydrogen) atoms. The molecule has 1 aromatic carbocycles. The summed E-state index contributed by atoms with van der Waals surface area (Å²) in [4.78, 5) is 10.2. The molecular weight excluding hydrogens is 210 g/mol. The first kappa shape index (κ1) is 12.2. The summed E-state index contributed by atoms with van der Waals surface area (Å²) in [7, 11) is 0. The van der Waals surface area contributed by atoms with Crippen LogP contribution in [0.15, 0.2) is 24.3 Å². The van der Waals surface area contributed by atoms with E-state index in [0.29, 0.717) is 18.1 Å². The van der Waals surface area contributed by atoms with E-state index in [4.69, 9.17) is 14.6 Å². The molecule has 0 radical (unpaired) electrons. The summed E-state index contributed by atoms with van der Waals surface area (Å²) in [6.07, 6.45) is -1.05. The molecule has 0 saturated heterocycles. The van der Waals surface area contributed by atoms with Gasteiger partial charge in [0.05, 0.1) is 13.2 Å². The van der Waals surface area contributed by atoms with Gasteiger partial charge < -0.3 is 19.9 Å². The zero-order valence-electron chi connectivity index (χ0n) is 9.10. The Hall–Kier alpha value is -1.91. The van der Waals surface area contributed by atoms with Crippen molar-refractivity contribution in [1.29, 1.82) is 0 Å². The topological polar surface area (TPSA) is 67.8 Å². The fraction of sp³-hybridized carbons (Fsp3) is 0.364. The number of carboxylic acid groups (broad SMARTS) is 1. The fourth-order valence-corrected chi connectivity index (χ4v) is 1.16. The Morgan fingerprint density at radius 1 is 1.31 bits per heavy atom. The minimum Gasteiger partial charge on any atom is -0.490 e. The fourth-order valence-electron chi connectivity index (χ4n) is 1.16. The highest BCUT2D eigenvalue weighted by Crippen LogP contribution is 2.25. The molecular formula is C11H15NO4. The Morgan fingerprint density at radius 3 is 2.50 bits per heavy atom. The van der Waals surface area contributed by atoms with Gasteiger partial charge in [0.15, 0.2) is 11.5 Å². The van der Waals surface area contributed by atoms with Gasteiger partial charge in [0.25, 0.3) is 0 Å². The van der Waals surface area contributed by atoms with Gasteiger partial charge in [0.1, 0.15) is 6.61 Å². The van der Waals surface area contributed by atoms with Crippen LogP contribution >= 0.6 is 0 Å². The van der Waals surface area contributed by atoms with E-state index < -0.39 is 6.09 Å². The second kappa shape index (κ2) is 6.55. The highest BCUT2D eigenvalue weighted by Gasteiger charge is 2.03. The molecule has 2 N–H and O–H groups in total. The van der Waals surface area contributed by atoms with Crippen molar-refractivity contribution in [2.24, 2.45) is 0 Å². The first-order chi connectivity index (χ1) is 7.74. The molecule has 1 amide bonds. The van der Waals surface area contributed by atoms with Gasteiger partial charge in [-0.2, -0.15) is 0 Å². The largest absolute Gasteiger partial charge is 0.490 e. The Kier molecular flexibility index (Phi) is 4.98. The molecule has 0 aliphatic rings. The summed E-state index contributed by atoms with van der Waals surface area (Å²) in [5.74, 6) is 1.29. The van der Waals surface area contributed by atoms with Gasteiger partial charge in [-0.25, -0.2) is 4.79 Å². The van der Waals surface area contributed by atoms with Crippen molar-refractivity contribution in [3.05, 3.63) is 24.3 Å². The van der Waals surface area contributed by atoms with Crippen molar-refractivity contribution in [3.63, 3.8) is 0 Å². The Morgan fingerprint density at radius 2 is 1.94 bits per heavy atom. The van der Waals surface area contributed by atoms with Crippen LogP contribution in [-0.4, -0.2) is 31.0 Å². The zero-order chi connectivity index (χ0) is 11.8. The normalized spacial score (nSPS) is 9.56. The van der Waals surface area contributed by atoms with Crippen LogP contribution in [0.2, 0.25) is 0 Å². The van der Waals surface area contributed by atoms with Crippen LogP contribution in [-0.2, 0) is 0 Å². The first-order valence-electron chi connectivity index (χ1n) is 5.05. The van der Waals surface area contributed by atoms with E-state index in [-0.39, 0.29) is 13.2 Å². The number of hydrogen-bond donors (Lipinski definition) is 2. The van der Waals surface area contributed by atoms with Crippen molar-refractivity contribution < 1.29 is 19.4 Å². The van der Waals surface area contributed by atoms with E-state index in [2.05, 4.69) is 5.32 Å². The summed E-state index contributed by atoms with van der Waals surface area (Å²) in [6, 6.07) is 7.28. The predicted octanol–water partition coefficient (Wildman–Crippen LogP) is 1.73. The lowest BCUT2D eigenvalue weighted by molar-refractivity contribution is 0.190. The number of benzene rings is 1. The Balaban J connectivity index is 2.43. The van der Waals surface area contributed by atoms with Crippen LogP contribution in [0.1, 0.15) is 6.92 Å². The molecule has 0 spiro atoms. The van der Waals surface area contributed by atoms with Gasteiger partial charge in [-0.05, 0) is 19.1 Å². The average Bonchev–Trinajstić information content (AvgIpc) is 2.26. The van der Waals surface area contributed by atoms with E-state index in [1.807, 2.05) is 25.1 Å². The third-order valence-electron chi connectivity index (χ3n) is 1.78. The maximum atomic E-state index is 10.2. The molecule has 1 aromatic rings. The molecule has 1 rings (SSSR count). The van der Waals surface area contributed by atoms with E-state index in [1.165, 1.54) is 0 Å². The number of carbonyl (C=O) groups is 1. The monoisotopic (exact) mass is 225 g/mol. The molecule has 0 atom stereocenters. The molecule has 0 unspecified atom stereocenters. The van der Waals surface area contributed by atoms with Crippen molar-refractivity contribution in [3.8, 4) is 11.5 Å². The van der Waals surface area contributed by atoms with Gasteiger partial charge >= 0.3 is 6.09 Å². The second-order valence-electron chi connectivity index (χ2n) is 2.96. The summed E-state index contributed by atoms with van der Waals surface area (Å²) in [6.45, 7) is 2.97. The number of nitrogens with one attached hydrogen (secondary N) is 1. The van der Waals surface area contributed by atoms with E-state index >= 15 is 0 Å². The Labute approximate surface area is 94.0 Å². The quantitative estimate of drug-likeness (QED) is 0.723. The summed E-state index contributed by atoms with van der Waals surface area (Å²) in [5, 5.41) is 10.6. The van der Waals surface area contributed by atoms with E-state index in [0.717, 1.165) is 0 Å². The van der Waals surface area contributed by atoms with E-state index in [9.17, 15) is 4.79 Å². The first-order valence-corrected chi connectivity index (χ1v) is 5.05. The Bertz CT molecular complexity index is 341. The van der Waals surface area contributed by atoms with Crippen LogP contribution in [0.25, 0.3) is 0 Å². The zero-order valence-corrected chi connectivity index (χ0v) is 9.10. The molecule has 5 nitrogen and oxygen atoms in total. The molecule has 88 valence electrons. The molecule has 0 aliphatic heterocycles. The third kappa shape index (κ3) is 4.08. The highest BCUT2D eigenvalue weighted by molar-refractivity contribution is 5.64. The van der Waals surface area contributed by atoms with Crippen LogP contribution in [0, 0.1) is 0 Å². The lowest BCUT2D eigenvalue weighted by Gasteiger charge is -2.11. The van der Waals surface area contributed by atoms with Gasteiger partial charge in [0.2, 0.25) is 0 Å². The van der Waals surface area contributed by atoms with E-state index in [1.54, 1.807) is 6.07 Å². The maximum absolute atomic E-state index is 10.2. The van der Waals surface area contributed by atoms with Crippen molar-refractivity contribution in [2.75, 3.05) is 19.8 Å². The van der Waals surface area contributed by atoms with Crippen molar-refractivity contribution >= 4 is 6.09 Å². The number of hydrogen-bond acceptors (Lipinski definition) is 3. The number of rotatable bonds is 6. The molecule has 0 fully saturated rings. The van der Waals surface area contributed by atoms with Gasteiger partial charge in [-0.15, -0.1) is 0 Å². The number of ether oxygens (including phenoxy) is 2. The second-order valence-corrected chi connectivity index (χ2v) is 2.96. The van der Waals surface area contributed by atoms with Gasteiger partial charge in [-0.1, -0.05) is 12.1 Å². The van der Waals surface area contributed by atoms with Crippen LogP contribution < -0.4 is 14.8 Å². The summed E-state index contributed by atoms with van der Waals surface area (Å²) >= 11 is 0. The molecule has 0 saturated carbocycles. The molecule has 0 bridgehead atoms. The standard InChI is InChI=1S/C11H15NO4/c1-2-15-9-5-3-4-6-10(9)16-8-7-12-11(13)14/h3-6,12H,2,7-8H2,1H3,(H,13,14). The molecule has 0 aliphatic carbocycles. The SMILES string of the molecule is CCOc1ccccc1OCCNC(=O)O. The minimum atomic E-state index is -1.05. The lowest BCUT2D eigenvalue weighted by Crippen LogP contribution is -2.26. The summed E-state index contributed by atoms with van der Waals surface area (Å²) in [5.41, 5.74) is 0. The smallest absolute Gasteiger partial charge is 0.404 e.